The van der Waals surface area contributed by atoms with Crippen molar-refractivity contribution in [3.63, 3.8) is 0 Å². The van der Waals surface area contributed by atoms with Crippen LogP contribution in [0.3, 0.4) is 0 Å². The molecule has 0 spiro atoms. The molecule has 2 aromatic rings. The monoisotopic (exact) mass is 382 g/mol. The number of methoxy groups -OCH3 is 1. The molecule has 0 aliphatic heterocycles. The molecule has 0 unspecified atom stereocenters. The Kier molecular flexibility index (Phi) is 8.53. The molecular weight excluding hydrogens is 352 g/mol. The van der Waals surface area contributed by atoms with Gasteiger partial charge in [0.1, 0.15) is 0 Å². The zero-order valence-corrected chi connectivity index (χ0v) is 17.0. The maximum atomic E-state index is 12.9. The Hall–Kier alpha value is -2.82. The quantitative estimate of drug-likeness (QED) is 0.570. The fourth-order valence-electron chi connectivity index (χ4n) is 2.93. The number of esters is 1. The molecule has 0 aliphatic carbocycles. The molecule has 0 saturated heterocycles. The third-order valence-corrected chi connectivity index (χ3v) is 4.59. The van der Waals surface area contributed by atoms with Crippen molar-refractivity contribution < 1.29 is 14.3 Å². The zero-order chi connectivity index (χ0) is 20.4. The Morgan fingerprint density at radius 1 is 0.929 bits per heavy atom. The van der Waals surface area contributed by atoms with Gasteiger partial charge in [0.15, 0.2) is 0 Å². The van der Waals surface area contributed by atoms with E-state index in [1.807, 2.05) is 41.3 Å². The lowest BCUT2D eigenvalue weighted by molar-refractivity contribution is 0.0601. The summed E-state index contributed by atoms with van der Waals surface area (Å²) in [6.45, 7) is 5.86. The highest BCUT2D eigenvalue weighted by molar-refractivity contribution is 5.97. The van der Waals surface area contributed by atoms with Crippen molar-refractivity contribution in [3.8, 4) is 0 Å². The first kappa shape index (κ1) is 21.5. The van der Waals surface area contributed by atoms with Crippen LogP contribution in [0.1, 0.15) is 60.2 Å². The molecule has 0 bridgehead atoms. The molecule has 2 rings (SSSR count). The second-order valence-electron chi connectivity index (χ2n) is 6.74. The van der Waals surface area contributed by atoms with Gasteiger partial charge in [-0.2, -0.15) is 0 Å². The summed E-state index contributed by atoms with van der Waals surface area (Å²) in [7, 11) is 1.36. The minimum Gasteiger partial charge on any atom is -0.465 e. The number of carbonyl (C=O) groups is 2. The van der Waals surface area contributed by atoms with E-state index in [4.69, 9.17) is 4.74 Å². The minimum atomic E-state index is -0.391. The highest BCUT2D eigenvalue weighted by Gasteiger charge is 2.15. The fourth-order valence-corrected chi connectivity index (χ4v) is 2.93. The Morgan fingerprint density at radius 3 is 2.11 bits per heavy atom. The number of nitrogens with zero attached hydrogens (tertiary/aromatic N) is 1. The van der Waals surface area contributed by atoms with E-state index in [2.05, 4.69) is 19.2 Å². The Morgan fingerprint density at radius 2 is 1.54 bits per heavy atom. The van der Waals surface area contributed by atoms with E-state index >= 15 is 0 Å². The second-order valence-corrected chi connectivity index (χ2v) is 6.74. The van der Waals surface area contributed by atoms with Gasteiger partial charge >= 0.3 is 5.97 Å². The van der Waals surface area contributed by atoms with Gasteiger partial charge in [-0.1, -0.05) is 38.8 Å². The van der Waals surface area contributed by atoms with Gasteiger partial charge in [0.2, 0.25) is 0 Å². The smallest absolute Gasteiger partial charge is 0.339 e. The first-order chi connectivity index (χ1) is 13.6. The Balaban J connectivity index is 2.12. The average molecular weight is 383 g/mol. The fraction of sp³-hybridized carbons (Fsp3) is 0.391. The maximum absolute atomic E-state index is 12.9. The molecule has 5 heteroatoms. The summed E-state index contributed by atoms with van der Waals surface area (Å²) in [5, 5.41) is 3.23. The number of para-hydroxylation sites is 1. The van der Waals surface area contributed by atoms with Gasteiger partial charge in [-0.15, -0.1) is 0 Å². The van der Waals surface area contributed by atoms with Gasteiger partial charge in [-0.25, -0.2) is 4.79 Å². The number of unbranched alkanes of at least 4 members (excludes halogenated alkanes) is 2. The largest absolute Gasteiger partial charge is 0.465 e. The lowest BCUT2D eigenvalue weighted by Gasteiger charge is -2.22. The van der Waals surface area contributed by atoms with Crippen LogP contribution in [-0.4, -0.2) is 37.0 Å². The van der Waals surface area contributed by atoms with Crippen LogP contribution in [0.2, 0.25) is 0 Å². The molecule has 0 aromatic heterocycles. The number of hydrogen-bond acceptors (Lipinski definition) is 4. The van der Waals surface area contributed by atoms with Gasteiger partial charge in [-0.05, 0) is 49.2 Å². The van der Waals surface area contributed by atoms with Crippen LogP contribution in [0, 0.1) is 0 Å². The van der Waals surface area contributed by atoms with Crippen LogP contribution < -0.4 is 5.32 Å². The van der Waals surface area contributed by atoms with Gasteiger partial charge in [-0.3, -0.25) is 4.79 Å². The van der Waals surface area contributed by atoms with Gasteiger partial charge < -0.3 is 15.0 Å². The SMILES string of the molecule is CCCCN(CCCC)C(=O)c1ccc(Nc2ccccc2C(=O)OC)cc1. The zero-order valence-electron chi connectivity index (χ0n) is 17.0. The summed E-state index contributed by atoms with van der Waals surface area (Å²) in [4.78, 5) is 26.7. The third-order valence-electron chi connectivity index (χ3n) is 4.59. The second kappa shape index (κ2) is 11.1. The van der Waals surface area contributed by atoms with Crippen LogP contribution in [-0.2, 0) is 4.74 Å². The molecule has 2 aromatic carbocycles. The molecule has 5 nitrogen and oxygen atoms in total. The predicted molar refractivity (Wildman–Crippen MR) is 113 cm³/mol. The molecule has 1 amide bonds. The van der Waals surface area contributed by atoms with Crippen LogP contribution in [0.25, 0.3) is 0 Å². The van der Waals surface area contributed by atoms with Crippen molar-refractivity contribution >= 4 is 23.3 Å². The number of anilines is 2. The van der Waals surface area contributed by atoms with Crippen molar-refractivity contribution in [1.82, 2.24) is 4.90 Å². The summed E-state index contributed by atoms with van der Waals surface area (Å²) in [5.74, 6) is -0.319. The van der Waals surface area contributed by atoms with Gasteiger partial charge in [0.05, 0.1) is 18.4 Å². The van der Waals surface area contributed by atoms with Gasteiger partial charge in [0.25, 0.3) is 5.91 Å². The van der Waals surface area contributed by atoms with E-state index in [-0.39, 0.29) is 5.91 Å². The molecule has 0 aliphatic rings. The normalized spacial score (nSPS) is 10.4. The van der Waals surface area contributed by atoms with E-state index in [1.165, 1.54) is 7.11 Å². The van der Waals surface area contributed by atoms with Crippen LogP contribution >= 0.6 is 0 Å². The number of amides is 1. The van der Waals surface area contributed by atoms with Crippen LogP contribution in [0.15, 0.2) is 48.5 Å². The summed E-state index contributed by atoms with van der Waals surface area (Å²) >= 11 is 0. The number of nitrogens with one attached hydrogen (secondary N) is 1. The Bertz CT molecular complexity index is 764. The molecule has 0 atom stereocenters. The molecule has 150 valence electrons. The van der Waals surface area contributed by atoms with Crippen molar-refractivity contribution in [1.29, 1.82) is 0 Å². The first-order valence-electron chi connectivity index (χ1n) is 9.94. The standard InChI is InChI=1S/C23H30N2O3/c1-4-6-16-25(17-7-5-2)22(26)18-12-14-19(15-13-18)24-21-11-9-8-10-20(21)23(27)28-3/h8-15,24H,4-7,16-17H2,1-3H3. The summed E-state index contributed by atoms with van der Waals surface area (Å²) in [6.07, 6.45) is 4.16. The summed E-state index contributed by atoms with van der Waals surface area (Å²) in [5.41, 5.74) is 2.62. The molecule has 0 saturated carbocycles. The van der Waals surface area contributed by atoms with Crippen molar-refractivity contribution in [3.05, 3.63) is 59.7 Å². The van der Waals surface area contributed by atoms with E-state index in [1.54, 1.807) is 12.1 Å². The molecule has 1 N–H and O–H groups in total. The van der Waals surface area contributed by atoms with Gasteiger partial charge in [0, 0.05) is 24.3 Å². The highest BCUT2D eigenvalue weighted by Crippen LogP contribution is 2.22. The van der Waals surface area contributed by atoms with Crippen molar-refractivity contribution in [2.45, 2.75) is 39.5 Å². The average Bonchev–Trinajstić information content (AvgIpc) is 2.74. The number of carbonyl (C=O) groups excluding carboxylic acids is 2. The molecule has 0 radical (unpaired) electrons. The van der Waals surface area contributed by atoms with E-state index in [0.717, 1.165) is 44.5 Å². The number of hydrogen-bond donors (Lipinski definition) is 1. The minimum absolute atomic E-state index is 0.0726. The molecule has 0 heterocycles. The molecule has 0 fully saturated rings. The van der Waals surface area contributed by atoms with E-state index in [0.29, 0.717) is 16.8 Å². The Labute approximate surface area is 167 Å². The summed E-state index contributed by atoms with van der Waals surface area (Å²) in [6, 6.07) is 14.6. The first-order valence-corrected chi connectivity index (χ1v) is 9.94. The van der Waals surface area contributed by atoms with Crippen molar-refractivity contribution in [2.24, 2.45) is 0 Å². The lowest BCUT2D eigenvalue weighted by Crippen LogP contribution is -2.32. The predicted octanol–water partition coefficient (Wildman–Crippen LogP) is 5.26. The summed E-state index contributed by atoms with van der Waals surface area (Å²) < 4.78 is 4.83. The van der Waals surface area contributed by atoms with E-state index in [9.17, 15) is 9.59 Å². The van der Waals surface area contributed by atoms with E-state index < -0.39 is 5.97 Å². The molecular formula is C23H30N2O3. The van der Waals surface area contributed by atoms with Crippen molar-refractivity contribution in [2.75, 3.05) is 25.5 Å². The highest BCUT2D eigenvalue weighted by atomic mass is 16.5. The number of ether oxygens (including phenoxy) is 1. The molecule has 28 heavy (non-hydrogen) atoms. The van der Waals surface area contributed by atoms with Crippen LogP contribution in [0.5, 0.6) is 0 Å². The number of rotatable bonds is 10. The maximum Gasteiger partial charge on any atom is 0.339 e. The number of benzene rings is 2. The topological polar surface area (TPSA) is 58.6 Å². The van der Waals surface area contributed by atoms with Crippen LogP contribution in [0.4, 0.5) is 11.4 Å². The third kappa shape index (κ3) is 5.84. The lowest BCUT2D eigenvalue weighted by atomic mass is 10.1.